The maximum atomic E-state index is 11.1. The smallest absolute Gasteiger partial charge is 0.411 e. The normalized spacial score (nSPS) is 9.80. The number of carbonyl (C=O) groups excluding carboxylic acids is 1. The highest BCUT2D eigenvalue weighted by Gasteiger charge is 2.06. The minimum atomic E-state index is -0.607. The van der Waals surface area contributed by atoms with Gasteiger partial charge >= 0.3 is 6.09 Å². The Balaban J connectivity index is 2.63. The zero-order chi connectivity index (χ0) is 11.3. The van der Waals surface area contributed by atoms with Crippen LogP contribution in [0, 0.1) is 0 Å². The number of benzene rings is 1. The Bertz CT molecular complexity index is 358. The highest BCUT2D eigenvalue weighted by atomic mass is 35.5. The molecule has 0 spiro atoms. The summed E-state index contributed by atoms with van der Waals surface area (Å²) in [6, 6.07) is 4.75. The second-order valence-corrected chi connectivity index (χ2v) is 3.52. The molecular weight excluding hydrogens is 239 g/mol. The third kappa shape index (κ3) is 3.95. The van der Waals surface area contributed by atoms with E-state index in [2.05, 4.69) is 5.32 Å². The van der Waals surface area contributed by atoms with Crippen molar-refractivity contribution in [1.82, 2.24) is 0 Å². The van der Waals surface area contributed by atoms with Crippen LogP contribution in [0.3, 0.4) is 0 Å². The Morgan fingerprint density at radius 2 is 2.20 bits per heavy atom. The van der Waals surface area contributed by atoms with Crippen molar-refractivity contribution in [1.29, 1.82) is 0 Å². The van der Waals surface area contributed by atoms with Crippen LogP contribution in [0.5, 0.6) is 0 Å². The number of hydrogen-bond acceptors (Lipinski definition) is 3. The predicted molar refractivity (Wildman–Crippen MR) is 60.5 cm³/mol. The average Bonchev–Trinajstić information content (AvgIpc) is 2.20. The lowest BCUT2D eigenvalue weighted by atomic mass is 10.3. The SMILES string of the molecule is NCCOC(=O)Nc1cc(Cl)ccc1Cl. The zero-order valence-electron chi connectivity index (χ0n) is 7.80. The van der Waals surface area contributed by atoms with Crippen molar-refractivity contribution in [3.05, 3.63) is 28.2 Å². The molecule has 82 valence electrons. The van der Waals surface area contributed by atoms with Gasteiger partial charge in [-0.2, -0.15) is 0 Å². The standard InChI is InChI=1S/C9H10Cl2N2O2/c10-6-1-2-7(11)8(5-6)13-9(14)15-4-3-12/h1-2,5H,3-4,12H2,(H,13,14). The van der Waals surface area contributed by atoms with E-state index in [1.807, 2.05) is 0 Å². The Morgan fingerprint density at radius 1 is 1.47 bits per heavy atom. The first kappa shape index (κ1) is 12.1. The molecule has 6 heteroatoms. The third-order valence-corrected chi connectivity index (χ3v) is 2.08. The fourth-order valence-corrected chi connectivity index (χ4v) is 1.23. The highest BCUT2D eigenvalue weighted by molar-refractivity contribution is 6.35. The monoisotopic (exact) mass is 248 g/mol. The molecule has 0 unspecified atom stereocenters. The van der Waals surface area contributed by atoms with Gasteiger partial charge in [-0.3, -0.25) is 5.32 Å². The van der Waals surface area contributed by atoms with Crippen LogP contribution in [0.1, 0.15) is 0 Å². The van der Waals surface area contributed by atoms with Gasteiger partial charge in [0, 0.05) is 11.6 Å². The summed E-state index contributed by atoms with van der Waals surface area (Å²) < 4.78 is 4.71. The summed E-state index contributed by atoms with van der Waals surface area (Å²) in [5, 5.41) is 3.33. The van der Waals surface area contributed by atoms with Crippen LogP contribution >= 0.6 is 23.2 Å². The van der Waals surface area contributed by atoms with E-state index in [-0.39, 0.29) is 13.2 Å². The van der Waals surface area contributed by atoms with Gasteiger partial charge in [-0.1, -0.05) is 23.2 Å². The molecule has 0 bridgehead atoms. The highest BCUT2D eigenvalue weighted by Crippen LogP contribution is 2.25. The van der Waals surface area contributed by atoms with E-state index in [1.165, 1.54) is 6.07 Å². The van der Waals surface area contributed by atoms with E-state index >= 15 is 0 Å². The molecule has 1 aromatic rings. The molecule has 0 saturated heterocycles. The molecule has 0 aliphatic rings. The van der Waals surface area contributed by atoms with Gasteiger partial charge in [0.25, 0.3) is 0 Å². The third-order valence-electron chi connectivity index (χ3n) is 1.52. The fourth-order valence-electron chi connectivity index (χ4n) is 0.891. The van der Waals surface area contributed by atoms with E-state index in [1.54, 1.807) is 12.1 Å². The number of nitrogens with one attached hydrogen (secondary N) is 1. The quantitative estimate of drug-likeness (QED) is 0.864. The summed E-state index contributed by atoms with van der Waals surface area (Å²) in [5.74, 6) is 0. The van der Waals surface area contributed by atoms with Crippen LogP contribution in [-0.4, -0.2) is 19.2 Å². The van der Waals surface area contributed by atoms with Crippen molar-refractivity contribution in [2.75, 3.05) is 18.5 Å². The first-order valence-electron chi connectivity index (χ1n) is 4.22. The summed E-state index contributed by atoms with van der Waals surface area (Å²) in [4.78, 5) is 11.1. The van der Waals surface area contributed by atoms with Crippen molar-refractivity contribution in [2.24, 2.45) is 5.73 Å². The second kappa shape index (κ2) is 5.80. The van der Waals surface area contributed by atoms with Gasteiger partial charge in [0.05, 0.1) is 10.7 Å². The van der Waals surface area contributed by atoms with Crippen molar-refractivity contribution in [3.63, 3.8) is 0 Å². The van der Waals surface area contributed by atoms with Gasteiger partial charge < -0.3 is 10.5 Å². The summed E-state index contributed by atoms with van der Waals surface area (Å²) >= 11 is 11.6. The lowest BCUT2D eigenvalue weighted by Gasteiger charge is -2.07. The van der Waals surface area contributed by atoms with Crippen LogP contribution < -0.4 is 11.1 Å². The van der Waals surface area contributed by atoms with Crippen molar-refractivity contribution in [3.8, 4) is 0 Å². The molecule has 4 nitrogen and oxygen atoms in total. The van der Waals surface area contributed by atoms with Gasteiger partial charge in [0.2, 0.25) is 0 Å². The van der Waals surface area contributed by atoms with Gasteiger partial charge in [-0.25, -0.2) is 4.79 Å². The number of carbonyl (C=O) groups is 1. The van der Waals surface area contributed by atoms with E-state index in [0.717, 1.165) is 0 Å². The Hall–Kier alpha value is -0.970. The Kier molecular flexibility index (Phi) is 4.68. The fraction of sp³-hybridized carbons (Fsp3) is 0.222. The molecule has 0 aliphatic carbocycles. The predicted octanol–water partition coefficient (Wildman–Crippen LogP) is 2.50. The number of halogens is 2. The molecule has 0 radical (unpaired) electrons. The Morgan fingerprint density at radius 3 is 2.87 bits per heavy atom. The van der Waals surface area contributed by atoms with Gasteiger partial charge in [-0.15, -0.1) is 0 Å². The molecular formula is C9H10Cl2N2O2. The van der Waals surface area contributed by atoms with Gasteiger partial charge in [-0.05, 0) is 18.2 Å². The first-order valence-corrected chi connectivity index (χ1v) is 4.98. The molecule has 15 heavy (non-hydrogen) atoms. The van der Waals surface area contributed by atoms with Crippen LogP contribution in [0.4, 0.5) is 10.5 Å². The molecule has 0 aromatic heterocycles. The number of nitrogens with two attached hydrogens (primary N) is 1. The van der Waals surface area contributed by atoms with Crippen LogP contribution in [0.15, 0.2) is 18.2 Å². The van der Waals surface area contributed by atoms with Gasteiger partial charge in [0.1, 0.15) is 6.61 Å². The molecule has 1 rings (SSSR count). The van der Waals surface area contributed by atoms with Crippen LogP contribution in [0.25, 0.3) is 0 Å². The molecule has 0 heterocycles. The number of anilines is 1. The maximum Gasteiger partial charge on any atom is 0.411 e. The summed E-state index contributed by atoms with van der Waals surface area (Å²) in [5.41, 5.74) is 5.58. The minimum Gasteiger partial charge on any atom is -0.448 e. The van der Waals surface area contributed by atoms with E-state index in [0.29, 0.717) is 15.7 Å². The molecule has 0 atom stereocenters. The van der Waals surface area contributed by atoms with Crippen molar-refractivity contribution in [2.45, 2.75) is 0 Å². The number of ether oxygens (including phenoxy) is 1. The molecule has 1 amide bonds. The van der Waals surface area contributed by atoms with Crippen LogP contribution in [0.2, 0.25) is 10.0 Å². The lowest BCUT2D eigenvalue weighted by molar-refractivity contribution is 0.165. The minimum absolute atomic E-state index is 0.157. The maximum absolute atomic E-state index is 11.1. The van der Waals surface area contributed by atoms with Crippen molar-refractivity contribution < 1.29 is 9.53 Å². The lowest BCUT2D eigenvalue weighted by Crippen LogP contribution is -2.18. The average molecular weight is 249 g/mol. The number of rotatable bonds is 3. The first-order chi connectivity index (χ1) is 7.13. The molecule has 1 aromatic carbocycles. The molecule has 0 aliphatic heterocycles. The summed E-state index contributed by atoms with van der Waals surface area (Å²) in [7, 11) is 0. The topological polar surface area (TPSA) is 64.3 Å². The van der Waals surface area contributed by atoms with E-state index < -0.39 is 6.09 Å². The second-order valence-electron chi connectivity index (χ2n) is 2.67. The molecule has 3 N–H and O–H groups in total. The zero-order valence-corrected chi connectivity index (χ0v) is 9.31. The summed E-state index contributed by atoms with van der Waals surface area (Å²) in [6.07, 6.45) is -0.607. The van der Waals surface area contributed by atoms with E-state index in [9.17, 15) is 4.79 Å². The number of hydrogen-bond donors (Lipinski definition) is 2. The largest absolute Gasteiger partial charge is 0.448 e. The molecule has 0 fully saturated rings. The van der Waals surface area contributed by atoms with Crippen LogP contribution in [-0.2, 0) is 4.74 Å². The molecule has 0 saturated carbocycles. The Labute approximate surface area is 97.3 Å². The number of amides is 1. The van der Waals surface area contributed by atoms with E-state index in [4.69, 9.17) is 33.7 Å². The van der Waals surface area contributed by atoms with Crippen molar-refractivity contribution >= 4 is 35.0 Å². The van der Waals surface area contributed by atoms with Gasteiger partial charge in [0.15, 0.2) is 0 Å². The summed E-state index contributed by atoms with van der Waals surface area (Å²) in [6.45, 7) is 0.431.